The van der Waals surface area contributed by atoms with Gasteiger partial charge in [0, 0.05) is 21.6 Å². The molecule has 1 fully saturated rings. The van der Waals surface area contributed by atoms with Crippen molar-refractivity contribution in [3.05, 3.63) is 34.4 Å². The van der Waals surface area contributed by atoms with E-state index in [0.29, 0.717) is 0 Å². The van der Waals surface area contributed by atoms with Crippen LogP contribution in [0.2, 0.25) is 0 Å². The maximum Gasteiger partial charge on any atom is 0.314 e. The highest BCUT2D eigenvalue weighted by atomic mass is 79.9. The van der Waals surface area contributed by atoms with Crippen molar-refractivity contribution in [2.75, 3.05) is 0 Å². The van der Waals surface area contributed by atoms with E-state index in [-0.39, 0.29) is 0 Å². The number of carboxylic acids is 1. The van der Waals surface area contributed by atoms with Gasteiger partial charge in [0.05, 0.1) is 5.41 Å². The van der Waals surface area contributed by atoms with Gasteiger partial charge >= 0.3 is 5.97 Å². The molecule has 3 nitrogen and oxygen atoms in total. The molecule has 0 atom stereocenters. The minimum absolute atomic E-state index is 0.649. The second kappa shape index (κ2) is 3.10. The van der Waals surface area contributed by atoms with E-state index in [1.807, 2.05) is 24.4 Å². The second-order valence-electron chi connectivity index (χ2n) is 4.25. The van der Waals surface area contributed by atoms with Crippen LogP contribution in [0, 0.1) is 0 Å². The number of aromatic nitrogens is 1. The Balaban J connectivity index is 2.32. The Kier molecular flexibility index (Phi) is 1.92. The maximum atomic E-state index is 11.3. The molecule has 1 saturated carbocycles. The summed E-state index contributed by atoms with van der Waals surface area (Å²) in [6.45, 7) is 0. The lowest BCUT2D eigenvalue weighted by Crippen LogP contribution is -2.19. The standard InChI is InChI=1S/C12H10BrNO2/c13-8-6-14-9-3-1-2-7(10(8)9)12(4-5-12)11(15)16/h1-3,6,14H,4-5H2,(H,15,16). The molecule has 2 aromatic rings. The third-order valence-electron chi connectivity index (χ3n) is 3.33. The van der Waals surface area contributed by atoms with Crippen molar-refractivity contribution < 1.29 is 9.90 Å². The van der Waals surface area contributed by atoms with E-state index in [2.05, 4.69) is 20.9 Å². The van der Waals surface area contributed by atoms with Gasteiger partial charge in [-0.05, 0) is 40.4 Å². The molecule has 1 aromatic carbocycles. The summed E-state index contributed by atoms with van der Waals surface area (Å²) in [6.07, 6.45) is 3.32. The predicted molar refractivity (Wildman–Crippen MR) is 64.5 cm³/mol. The lowest BCUT2D eigenvalue weighted by molar-refractivity contribution is -0.139. The number of H-pyrrole nitrogens is 1. The first kappa shape index (κ1) is 9.90. The molecule has 1 aliphatic rings. The third-order valence-corrected chi connectivity index (χ3v) is 3.96. The summed E-state index contributed by atoms with van der Waals surface area (Å²) in [5.41, 5.74) is 1.26. The molecule has 82 valence electrons. The fraction of sp³-hybridized carbons (Fsp3) is 0.250. The van der Waals surface area contributed by atoms with Gasteiger partial charge in [0.1, 0.15) is 0 Å². The average Bonchev–Trinajstić information content (AvgIpc) is 3.00. The number of rotatable bonds is 2. The number of carbonyl (C=O) groups is 1. The number of benzene rings is 1. The molecule has 0 saturated heterocycles. The number of aliphatic carboxylic acids is 1. The van der Waals surface area contributed by atoms with E-state index < -0.39 is 11.4 Å². The highest BCUT2D eigenvalue weighted by molar-refractivity contribution is 9.10. The van der Waals surface area contributed by atoms with Crippen molar-refractivity contribution in [3.63, 3.8) is 0 Å². The fourth-order valence-electron chi connectivity index (χ4n) is 2.27. The summed E-state index contributed by atoms with van der Waals surface area (Å²) < 4.78 is 0.936. The number of carboxylic acid groups (broad SMARTS) is 1. The minimum Gasteiger partial charge on any atom is -0.481 e. The van der Waals surface area contributed by atoms with Gasteiger partial charge in [0.2, 0.25) is 0 Å². The van der Waals surface area contributed by atoms with E-state index in [0.717, 1.165) is 33.8 Å². The normalized spacial score (nSPS) is 17.6. The van der Waals surface area contributed by atoms with Gasteiger partial charge in [-0.15, -0.1) is 0 Å². The Hall–Kier alpha value is -1.29. The quantitative estimate of drug-likeness (QED) is 0.888. The minimum atomic E-state index is -0.715. The number of halogens is 1. The fourth-order valence-corrected chi connectivity index (χ4v) is 2.81. The lowest BCUT2D eigenvalue weighted by Gasteiger charge is -2.11. The van der Waals surface area contributed by atoms with E-state index in [1.165, 1.54) is 0 Å². The van der Waals surface area contributed by atoms with Crippen molar-refractivity contribution in [2.24, 2.45) is 0 Å². The molecule has 0 amide bonds. The van der Waals surface area contributed by atoms with Crippen LogP contribution in [0.1, 0.15) is 18.4 Å². The Bertz CT molecular complexity index is 584. The zero-order valence-electron chi connectivity index (χ0n) is 8.46. The largest absolute Gasteiger partial charge is 0.481 e. The van der Waals surface area contributed by atoms with Crippen molar-refractivity contribution in [1.29, 1.82) is 0 Å². The van der Waals surface area contributed by atoms with Gasteiger partial charge in [-0.3, -0.25) is 4.79 Å². The molecule has 0 radical (unpaired) electrons. The van der Waals surface area contributed by atoms with Crippen LogP contribution < -0.4 is 0 Å². The molecular formula is C12H10BrNO2. The van der Waals surface area contributed by atoms with Crippen LogP contribution in [-0.4, -0.2) is 16.1 Å². The first-order chi connectivity index (χ1) is 7.65. The molecule has 0 spiro atoms. The molecule has 1 heterocycles. The first-order valence-corrected chi connectivity index (χ1v) is 5.94. The summed E-state index contributed by atoms with van der Waals surface area (Å²) >= 11 is 3.46. The summed E-state index contributed by atoms with van der Waals surface area (Å²) in [4.78, 5) is 14.5. The smallest absolute Gasteiger partial charge is 0.314 e. The topological polar surface area (TPSA) is 53.1 Å². The Morgan fingerprint density at radius 2 is 2.19 bits per heavy atom. The Labute approximate surface area is 101 Å². The molecule has 1 aliphatic carbocycles. The van der Waals surface area contributed by atoms with Gasteiger partial charge in [0.25, 0.3) is 0 Å². The van der Waals surface area contributed by atoms with Crippen LogP contribution in [0.4, 0.5) is 0 Å². The second-order valence-corrected chi connectivity index (χ2v) is 5.11. The molecule has 1 aromatic heterocycles. The van der Waals surface area contributed by atoms with Crippen molar-refractivity contribution in [2.45, 2.75) is 18.3 Å². The highest BCUT2D eigenvalue weighted by Gasteiger charge is 2.52. The van der Waals surface area contributed by atoms with Gasteiger partial charge in [-0.1, -0.05) is 12.1 Å². The predicted octanol–water partition coefficient (Wildman–Crippen LogP) is 3.05. The Morgan fingerprint density at radius 1 is 1.44 bits per heavy atom. The van der Waals surface area contributed by atoms with E-state index in [9.17, 15) is 9.90 Å². The number of fused-ring (bicyclic) bond motifs is 1. The van der Waals surface area contributed by atoms with Crippen LogP contribution >= 0.6 is 15.9 Å². The zero-order valence-corrected chi connectivity index (χ0v) is 10.0. The third kappa shape index (κ3) is 1.16. The van der Waals surface area contributed by atoms with Crippen LogP contribution in [0.3, 0.4) is 0 Å². The van der Waals surface area contributed by atoms with E-state index in [1.54, 1.807) is 0 Å². The maximum absolute atomic E-state index is 11.3. The lowest BCUT2D eigenvalue weighted by atomic mass is 9.93. The summed E-state index contributed by atoms with van der Waals surface area (Å²) in [5.74, 6) is -0.715. The number of hydrogen-bond acceptors (Lipinski definition) is 1. The monoisotopic (exact) mass is 279 g/mol. The van der Waals surface area contributed by atoms with E-state index >= 15 is 0 Å². The van der Waals surface area contributed by atoms with Gasteiger partial charge < -0.3 is 10.1 Å². The number of aromatic amines is 1. The van der Waals surface area contributed by atoms with Gasteiger partial charge in [0.15, 0.2) is 0 Å². The van der Waals surface area contributed by atoms with E-state index in [4.69, 9.17) is 0 Å². The van der Waals surface area contributed by atoms with Crippen molar-refractivity contribution in [3.8, 4) is 0 Å². The molecule has 16 heavy (non-hydrogen) atoms. The van der Waals surface area contributed by atoms with Crippen LogP contribution in [0.15, 0.2) is 28.9 Å². The van der Waals surface area contributed by atoms with Gasteiger partial charge in [-0.2, -0.15) is 0 Å². The summed E-state index contributed by atoms with van der Waals surface area (Å²) in [6, 6.07) is 5.78. The van der Waals surface area contributed by atoms with Crippen LogP contribution in [0.25, 0.3) is 10.9 Å². The average molecular weight is 280 g/mol. The SMILES string of the molecule is O=C(O)C1(c2cccc3[nH]cc(Br)c23)CC1. The molecular weight excluding hydrogens is 270 g/mol. The number of hydrogen-bond donors (Lipinski definition) is 2. The van der Waals surface area contributed by atoms with Crippen LogP contribution in [-0.2, 0) is 10.2 Å². The summed E-state index contributed by atoms with van der Waals surface area (Å²) in [7, 11) is 0. The number of nitrogens with one attached hydrogen (secondary N) is 1. The molecule has 2 N–H and O–H groups in total. The molecule has 0 unspecified atom stereocenters. The molecule has 0 bridgehead atoms. The molecule has 4 heteroatoms. The first-order valence-electron chi connectivity index (χ1n) is 5.15. The van der Waals surface area contributed by atoms with Crippen molar-refractivity contribution in [1.82, 2.24) is 4.98 Å². The van der Waals surface area contributed by atoms with Gasteiger partial charge in [-0.25, -0.2) is 0 Å². The molecule has 0 aliphatic heterocycles. The van der Waals surface area contributed by atoms with Crippen LogP contribution in [0.5, 0.6) is 0 Å². The zero-order chi connectivity index (χ0) is 11.3. The van der Waals surface area contributed by atoms with Crippen molar-refractivity contribution >= 4 is 32.8 Å². The molecule has 3 rings (SSSR count). The summed E-state index contributed by atoms with van der Waals surface area (Å²) in [5, 5.41) is 10.3. The Morgan fingerprint density at radius 3 is 2.81 bits per heavy atom. The highest BCUT2D eigenvalue weighted by Crippen LogP contribution is 2.51.